The van der Waals surface area contributed by atoms with Crippen LogP contribution in [-0.2, 0) is 14.8 Å². The van der Waals surface area contributed by atoms with E-state index < -0.39 is 10.0 Å². The van der Waals surface area contributed by atoms with Gasteiger partial charge >= 0.3 is 0 Å². The number of hydrogen-bond donors (Lipinski definition) is 3. The Morgan fingerprint density at radius 2 is 1.77 bits per heavy atom. The van der Waals surface area contributed by atoms with Crippen LogP contribution in [-0.4, -0.2) is 27.9 Å². The number of carbonyl (C=O) groups excluding carboxylic acids is 1. The van der Waals surface area contributed by atoms with Crippen LogP contribution in [0.3, 0.4) is 0 Å². The van der Waals surface area contributed by atoms with Crippen LogP contribution >= 0.6 is 12.4 Å². The molecule has 1 aliphatic rings. The van der Waals surface area contributed by atoms with Crippen molar-refractivity contribution in [3.63, 3.8) is 0 Å². The van der Waals surface area contributed by atoms with E-state index in [9.17, 15) is 13.2 Å². The van der Waals surface area contributed by atoms with Crippen LogP contribution in [0.5, 0.6) is 0 Å². The zero-order valence-electron chi connectivity index (χ0n) is 15.5. The minimum Gasteiger partial charge on any atom is -0.350 e. The molecule has 0 heterocycles. The van der Waals surface area contributed by atoms with Gasteiger partial charge in [0.25, 0.3) is 0 Å². The standard InChI is InChI=1S/C18H29N3O3S.ClH/c1-14(15-6-8-16(9-7-15)25(23,24)20-2)21-17(22)12-18(13-19)10-4-3-5-11-18;/h6-9,14,20H,3-5,10-13,19H2,1-2H3,(H,21,22);1H. The van der Waals surface area contributed by atoms with Gasteiger partial charge in [-0.2, -0.15) is 0 Å². The van der Waals surface area contributed by atoms with E-state index in [0.29, 0.717) is 13.0 Å². The first kappa shape index (κ1) is 22.9. The van der Waals surface area contributed by atoms with E-state index in [-0.39, 0.29) is 34.7 Å². The number of sulfonamides is 1. The van der Waals surface area contributed by atoms with Crippen molar-refractivity contribution in [2.75, 3.05) is 13.6 Å². The highest BCUT2D eigenvalue weighted by Crippen LogP contribution is 2.38. The molecule has 4 N–H and O–H groups in total. The minimum atomic E-state index is -3.45. The Labute approximate surface area is 162 Å². The lowest BCUT2D eigenvalue weighted by Crippen LogP contribution is -2.39. The number of benzene rings is 1. The maximum atomic E-state index is 12.5. The van der Waals surface area contributed by atoms with Gasteiger partial charge in [0.05, 0.1) is 10.9 Å². The Balaban J connectivity index is 0.00000338. The van der Waals surface area contributed by atoms with Gasteiger partial charge in [-0.05, 0) is 56.5 Å². The summed E-state index contributed by atoms with van der Waals surface area (Å²) >= 11 is 0. The third-order valence-electron chi connectivity index (χ3n) is 5.22. The van der Waals surface area contributed by atoms with Crippen molar-refractivity contribution in [1.82, 2.24) is 10.0 Å². The first-order valence-corrected chi connectivity index (χ1v) is 10.3. The molecule has 1 aromatic rings. The molecule has 0 saturated heterocycles. The fourth-order valence-corrected chi connectivity index (χ4v) is 4.25. The van der Waals surface area contributed by atoms with E-state index in [1.807, 2.05) is 6.92 Å². The molecule has 0 aliphatic heterocycles. The Morgan fingerprint density at radius 3 is 2.27 bits per heavy atom. The van der Waals surface area contributed by atoms with Gasteiger partial charge in [0.1, 0.15) is 0 Å². The number of halogens is 1. The van der Waals surface area contributed by atoms with Crippen LogP contribution in [0.15, 0.2) is 29.2 Å². The highest BCUT2D eigenvalue weighted by Gasteiger charge is 2.33. The average Bonchev–Trinajstić information content (AvgIpc) is 2.62. The average molecular weight is 404 g/mol. The molecule has 1 amide bonds. The molecule has 1 aromatic carbocycles. The summed E-state index contributed by atoms with van der Waals surface area (Å²) in [6.45, 7) is 2.45. The molecular formula is C18H30ClN3O3S. The molecule has 2 rings (SSSR count). The second kappa shape index (κ2) is 9.69. The molecular weight excluding hydrogens is 374 g/mol. The number of nitrogens with two attached hydrogens (primary N) is 1. The van der Waals surface area contributed by atoms with E-state index in [1.165, 1.54) is 13.5 Å². The molecule has 1 unspecified atom stereocenters. The number of rotatable bonds is 7. The predicted octanol–water partition coefficient (Wildman–Crippen LogP) is 2.49. The summed E-state index contributed by atoms with van der Waals surface area (Å²) in [6.07, 6.45) is 5.99. The summed E-state index contributed by atoms with van der Waals surface area (Å²) in [6, 6.07) is 6.37. The monoisotopic (exact) mass is 403 g/mol. The number of hydrogen-bond acceptors (Lipinski definition) is 4. The maximum absolute atomic E-state index is 12.5. The number of amides is 1. The van der Waals surface area contributed by atoms with Gasteiger partial charge in [0.2, 0.25) is 15.9 Å². The fraction of sp³-hybridized carbons (Fsp3) is 0.611. The lowest BCUT2D eigenvalue weighted by Gasteiger charge is -2.36. The highest BCUT2D eigenvalue weighted by atomic mass is 35.5. The highest BCUT2D eigenvalue weighted by molar-refractivity contribution is 7.89. The van der Waals surface area contributed by atoms with Gasteiger partial charge in [0, 0.05) is 6.42 Å². The van der Waals surface area contributed by atoms with Gasteiger partial charge in [-0.3, -0.25) is 4.79 Å². The van der Waals surface area contributed by atoms with Crippen molar-refractivity contribution in [2.24, 2.45) is 11.1 Å². The normalized spacial score (nSPS) is 17.8. The molecule has 1 atom stereocenters. The number of nitrogens with one attached hydrogen (secondary N) is 2. The second-order valence-corrected chi connectivity index (χ2v) is 8.89. The largest absolute Gasteiger partial charge is 0.350 e. The molecule has 0 radical (unpaired) electrons. The Morgan fingerprint density at radius 1 is 1.19 bits per heavy atom. The van der Waals surface area contributed by atoms with Crippen LogP contribution < -0.4 is 15.8 Å². The third kappa shape index (κ3) is 5.67. The van der Waals surface area contributed by atoms with E-state index in [0.717, 1.165) is 31.2 Å². The molecule has 26 heavy (non-hydrogen) atoms. The van der Waals surface area contributed by atoms with Gasteiger partial charge in [-0.15, -0.1) is 12.4 Å². The van der Waals surface area contributed by atoms with Crippen LogP contribution in [0.2, 0.25) is 0 Å². The topological polar surface area (TPSA) is 101 Å². The van der Waals surface area contributed by atoms with Crippen LogP contribution in [0.1, 0.15) is 57.1 Å². The van der Waals surface area contributed by atoms with Crippen molar-refractivity contribution in [3.8, 4) is 0 Å². The van der Waals surface area contributed by atoms with Crippen molar-refractivity contribution in [3.05, 3.63) is 29.8 Å². The molecule has 0 aromatic heterocycles. The first-order chi connectivity index (χ1) is 11.8. The quantitative estimate of drug-likeness (QED) is 0.650. The Bertz CT molecular complexity index is 686. The zero-order chi connectivity index (χ0) is 18.5. The predicted molar refractivity (Wildman–Crippen MR) is 106 cm³/mol. The third-order valence-corrected chi connectivity index (χ3v) is 6.65. The SMILES string of the molecule is CNS(=O)(=O)c1ccc(C(C)NC(=O)CC2(CN)CCCCC2)cc1.Cl. The van der Waals surface area contributed by atoms with Crippen molar-refractivity contribution in [1.29, 1.82) is 0 Å². The minimum absolute atomic E-state index is 0. The molecule has 8 heteroatoms. The molecule has 0 bridgehead atoms. The van der Waals surface area contributed by atoms with Crippen molar-refractivity contribution < 1.29 is 13.2 Å². The van der Waals surface area contributed by atoms with Gasteiger partial charge < -0.3 is 11.1 Å². The molecule has 1 saturated carbocycles. The lowest BCUT2D eigenvalue weighted by atomic mass is 9.71. The second-order valence-electron chi connectivity index (χ2n) is 7.01. The smallest absolute Gasteiger partial charge is 0.240 e. The van der Waals surface area contributed by atoms with Gasteiger partial charge in [-0.1, -0.05) is 31.4 Å². The summed E-state index contributed by atoms with van der Waals surface area (Å²) in [4.78, 5) is 12.7. The van der Waals surface area contributed by atoms with Crippen molar-refractivity contribution >= 4 is 28.3 Å². The lowest BCUT2D eigenvalue weighted by molar-refractivity contribution is -0.124. The molecule has 148 valence electrons. The number of carbonyl (C=O) groups is 1. The molecule has 1 fully saturated rings. The van der Waals surface area contributed by atoms with Gasteiger partial charge in [0.15, 0.2) is 0 Å². The molecule has 6 nitrogen and oxygen atoms in total. The van der Waals surface area contributed by atoms with E-state index in [1.54, 1.807) is 24.3 Å². The van der Waals surface area contributed by atoms with E-state index in [4.69, 9.17) is 5.73 Å². The summed E-state index contributed by atoms with van der Waals surface area (Å²) < 4.78 is 25.8. The molecule has 0 spiro atoms. The Hall–Kier alpha value is -1.15. The van der Waals surface area contributed by atoms with Crippen LogP contribution in [0.4, 0.5) is 0 Å². The van der Waals surface area contributed by atoms with Crippen molar-refractivity contribution in [2.45, 2.75) is 56.4 Å². The summed E-state index contributed by atoms with van der Waals surface area (Å²) in [5.41, 5.74) is 6.76. The fourth-order valence-electron chi connectivity index (χ4n) is 3.52. The first-order valence-electron chi connectivity index (χ1n) is 8.85. The zero-order valence-corrected chi connectivity index (χ0v) is 17.1. The van der Waals surface area contributed by atoms with Crippen LogP contribution in [0.25, 0.3) is 0 Å². The van der Waals surface area contributed by atoms with Gasteiger partial charge in [-0.25, -0.2) is 13.1 Å². The van der Waals surface area contributed by atoms with E-state index in [2.05, 4.69) is 10.0 Å². The maximum Gasteiger partial charge on any atom is 0.240 e. The Kier molecular flexibility index (Phi) is 8.53. The summed E-state index contributed by atoms with van der Waals surface area (Å²) in [5, 5.41) is 3.02. The van der Waals surface area contributed by atoms with Crippen LogP contribution in [0, 0.1) is 5.41 Å². The molecule has 1 aliphatic carbocycles. The van der Waals surface area contributed by atoms with E-state index >= 15 is 0 Å². The summed E-state index contributed by atoms with van der Waals surface area (Å²) in [5.74, 6) is 0.00627. The summed E-state index contributed by atoms with van der Waals surface area (Å²) in [7, 11) is -2.07.